The smallest absolute Gasteiger partial charge is 0.213 e. The maximum Gasteiger partial charge on any atom is 0.213 e. The SMILES string of the molecule is Cn1cc(-c2ccc(OC3CCNC3)nc2)cn1. The van der Waals surface area contributed by atoms with E-state index in [2.05, 4.69) is 15.4 Å². The number of aromatic nitrogens is 3. The molecule has 1 atom stereocenters. The second-order valence-corrected chi connectivity index (χ2v) is 4.52. The second-order valence-electron chi connectivity index (χ2n) is 4.52. The fraction of sp³-hybridized carbons (Fsp3) is 0.385. The number of nitrogens with zero attached hydrogens (tertiary/aromatic N) is 3. The molecule has 0 radical (unpaired) electrons. The maximum atomic E-state index is 5.78. The van der Waals surface area contributed by atoms with Gasteiger partial charge in [0.1, 0.15) is 6.10 Å². The maximum absolute atomic E-state index is 5.78. The third kappa shape index (κ3) is 2.36. The van der Waals surface area contributed by atoms with Gasteiger partial charge in [-0.1, -0.05) is 0 Å². The summed E-state index contributed by atoms with van der Waals surface area (Å²) in [5, 5.41) is 7.42. The van der Waals surface area contributed by atoms with Crippen LogP contribution in [-0.4, -0.2) is 34.0 Å². The van der Waals surface area contributed by atoms with Crippen molar-refractivity contribution < 1.29 is 4.74 Å². The molecule has 94 valence electrons. The summed E-state index contributed by atoms with van der Waals surface area (Å²) in [6.07, 6.45) is 6.93. The highest BCUT2D eigenvalue weighted by molar-refractivity contribution is 5.60. The normalized spacial score (nSPS) is 19.1. The van der Waals surface area contributed by atoms with Crippen molar-refractivity contribution in [2.75, 3.05) is 13.1 Å². The van der Waals surface area contributed by atoms with Crippen LogP contribution in [0.15, 0.2) is 30.7 Å². The van der Waals surface area contributed by atoms with Gasteiger partial charge in [-0.25, -0.2) is 4.98 Å². The van der Waals surface area contributed by atoms with Crippen molar-refractivity contribution in [3.63, 3.8) is 0 Å². The molecule has 1 saturated heterocycles. The molecule has 3 heterocycles. The fourth-order valence-electron chi connectivity index (χ4n) is 2.09. The largest absolute Gasteiger partial charge is 0.473 e. The van der Waals surface area contributed by atoms with Crippen LogP contribution in [0.1, 0.15) is 6.42 Å². The van der Waals surface area contributed by atoms with Gasteiger partial charge in [-0.05, 0) is 19.0 Å². The molecule has 0 aliphatic carbocycles. The zero-order valence-corrected chi connectivity index (χ0v) is 10.3. The Morgan fingerprint density at radius 1 is 1.33 bits per heavy atom. The number of hydrogen-bond acceptors (Lipinski definition) is 4. The number of aryl methyl sites for hydroxylation is 1. The van der Waals surface area contributed by atoms with E-state index in [1.807, 2.05) is 37.8 Å². The van der Waals surface area contributed by atoms with E-state index in [-0.39, 0.29) is 6.10 Å². The first kappa shape index (κ1) is 11.2. The second kappa shape index (κ2) is 4.78. The number of hydrogen-bond donors (Lipinski definition) is 1. The van der Waals surface area contributed by atoms with Gasteiger partial charge in [0.25, 0.3) is 0 Å². The number of nitrogens with one attached hydrogen (secondary N) is 1. The Morgan fingerprint density at radius 3 is 2.89 bits per heavy atom. The van der Waals surface area contributed by atoms with Crippen molar-refractivity contribution in [2.45, 2.75) is 12.5 Å². The van der Waals surface area contributed by atoms with E-state index in [1.165, 1.54) is 0 Å². The van der Waals surface area contributed by atoms with Gasteiger partial charge in [-0.3, -0.25) is 4.68 Å². The Balaban J connectivity index is 1.72. The molecule has 1 aliphatic rings. The average Bonchev–Trinajstić information content (AvgIpc) is 3.02. The van der Waals surface area contributed by atoms with Gasteiger partial charge in [-0.15, -0.1) is 0 Å². The van der Waals surface area contributed by atoms with E-state index < -0.39 is 0 Å². The Morgan fingerprint density at radius 2 is 2.28 bits per heavy atom. The van der Waals surface area contributed by atoms with Crippen LogP contribution in [0.3, 0.4) is 0 Å². The third-order valence-corrected chi connectivity index (χ3v) is 3.08. The highest BCUT2D eigenvalue weighted by atomic mass is 16.5. The minimum atomic E-state index is 0.252. The van der Waals surface area contributed by atoms with Crippen LogP contribution in [0.4, 0.5) is 0 Å². The van der Waals surface area contributed by atoms with Crippen molar-refractivity contribution in [3.8, 4) is 17.0 Å². The third-order valence-electron chi connectivity index (χ3n) is 3.08. The molecule has 5 nitrogen and oxygen atoms in total. The van der Waals surface area contributed by atoms with Crippen molar-refractivity contribution in [1.29, 1.82) is 0 Å². The predicted molar refractivity (Wildman–Crippen MR) is 68.3 cm³/mol. The molecule has 5 heteroatoms. The monoisotopic (exact) mass is 244 g/mol. The van der Waals surface area contributed by atoms with Gasteiger partial charge in [0.05, 0.1) is 6.20 Å². The van der Waals surface area contributed by atoms with Gasteiger partial charge in [0.15, 0.2) is 0 Å². The van der Waals surface area contributed by atoms with Crippen molar-refractivity contribution in [2.24, 2.45) is 7.05 Å². The molecule has 18 heavy (non-hydrogen) atoms. The average molecular weight is 244 g/mol. The molecule has 0 amide bonds. The zero-order valence-electron chi connectivity index (χ0n) is 10.3. The molecule has 3 rings (SSSR count). The minimum Gasteiger partial charge on any atom is -0.473 e. The molecule has 0 spiro atoms. The van der Waals surface area contributed by atoms with Crippen LogP contribution < -0.4 is 10.1 Å². The minimum absolute atomic E-state index is 0.252. The Hall–Kier alpha value is -1.88. The van der Waals surface area contributed by atoms with Gasteiger partial charge in [-0.2, -0.15) is 5.10 Å². The van der Waals surface area contributed by atoms with E-state index >= 15 is 0 Å². The topological polar surface area (TPSA) is 52.0 Å². The number of rotatable bonds is 3. The number of ether oxygens (including phenoxy) is 1. The van der Waals surface area contributed by atoms with Gasteiger partial charge in [0, 0.05) is 43.2 Å². The van der Waals surface area contributed by atoms with Crippen molar-refractivity contribution >= 4 is 0 Å². The molecule has 1 fully saturated rings. The fourth-order valence-corrected chi connectivity index (χ4v) is 2.09. The molecular formula is C13H16N4O. The Bertz CT molecular complexity index is 514. The van der Waals surface area contributed by atoms with Crippen LogP contribution in [0.25, 0.3) is 11.1 Å². The van der Waals surface area contributed by atoms with E-state index in [9.17, 15) is 0 Å². The predicted octanol–water partition coefficient (Wildman–Crippen LogP) is 1.22. The summed E-state index contributed by atoms with van der Waals surface area (Å²) < 4.78 is 7.56. The van der Waals surface area contributed by atoms with Crippen molar-refractivity contribution in [1.82, 2.24) is 20.1 Å². The van der Waals surface area contributed by atoms with Crippen LogP contribution >= 0.6 is 0 Å². The molecule has 2 aromatic heterocycles. The molecule has 0 aromatic carbocycles. The first-order chi connectivity index (χ1) is 8.81. The van der Waals surface area contributed by atoms with E-state index in [4.69, 9.17) is 4.74 Å². The Kier molecular flexibility index (Phi) is 2.98. The van der Waals surface area contributed by atoms with Gasteiger partial charge < -0.3 is 10.1 Å². The van der Waals surface area contributed by atoms with E-state index in [0.29, 0.717) is 5.88 Å². The molecule has 0 bridgehead atoms. The quantitative estimate of drug-likeness (QED) is 0.882. The Labute approximate surface area is 106 Å². The first-order valence-corrected chi connectivity index (χ1v) is 6.14. The summed E-state index contributed by atoms with van der Waals surface area (Å²) in [6.45, 7) is 1.93. The van der Waals surface area contributed by atoms with E-state index in [0.717, 1.165) is 30.6 Å². The van der Waals surface area contributed by atoms with Crippen LogP contribution in [0, 0.1) is 0 Å². The van der Waals surface area contributed by atoms with Crippen molar-refractivity contribution in [3.05, 3.63) is 30.7 Å². The summed E-state index contributed by atoms with van der Waals surface area (Å²) in [6, 6.07) is 3.93. The molecule has 2 aromatic rings. The lowest BCUT2D eigenvalue weighted by Gasteiger charge is -2.11. The molecule has 1 aliphatic heterocycles. The highest BCUT2D eigenvalue weighted by Gasteiger charge is 2.16. The lowest BCUT2D eigenvalue weighted by Crippen LogP contribution is -2.19. The molecule has 0 saturated carbocycles. The number of pyridine rings is 1. The van der Waals surface area contributed by atoms with Crippen LogP contribution in [-0.2, 0) is 7.05 Å². The standard InChI is InChI=1S/C13H16N4O/c1-17-9-11(7-16-17)10-2-3-13(15-6-10)18-12-4-5-14-8-12/h2-3,6-7,9,12,14H,4-5,8H2,1H3. The van der Waals surface area contributed by atoms with Gasteiger partial charge in [0.2, 0.25) is 5.88 Å². The molecular weight excluding hydrogens is 228 g/mol. The first-order valence-electron chi connectivity index (χ1n) is 6.14. The van der Waals surface area contributed by atoms with Gasteiger partial charge >= 0.3 is 0 Å². The molecule has 1 N–H and O–H groups in total. The summed E-state index contributed by atoms with van der Waals surface area (Å²) in [5.41, 5.74) is 2.12. The lowest BCUT2D eigenvalue weighted by molar-refractivity contribution is 0.214. The van der Waals surface area contributed by atoms with Crippen LogP contribution in [0.2, 0.25) is 0 Å². The zero-order chi connectivity index (χ0) is 12.4. The van der Waals surface area contributed by atoms with E-state index in [1.54, 1.807) is 4.68 Å². The summed E-state index contributed by atoms with van der Waals surface area (Å²) >= 11 is 0. The lowest BCUT2D eigenvalue weighted by atomic mass is 10.2. The summed E-state index contributed by atoms with van der Waals surface area (Å²) in [5.74, 6) is 0.691. The van der Waals surface area contributed by atoms with Crippen LogP contribution in [0.5, 0.6) is 5.88 Å². The highest BCUT2D eigenvalue weighted by Crippen LogP contribution is 2.20. The summed E-state index contributed by atoms with van der Waals surface area (Å²) in [7, 11) is 1.90. The molecule has 1 unspecified atom stereocenters. The summed E-state index contributed by atoms with van der Waals surface area (Å²) in [4.78, 5) is 4.34.